The van der Waals surface area contributed by atoms with E-state index < -0.39 is 12.3 Å². The smallest absolute Gasteiger partial charge is 0.496 e. The van der Waals surface area contributed by atoms with Crippen molar-refractivity contribution in [3.63, 3.8) is 0 Å². The maximum absolute atomic E-state index is 12.4. The largest absolute Gasteiger partial charge is 0.573 e. The van der Waals surface area contributed by atoms with Gasteiger partial charge in [-0.15, -0.1) is 13.2 Å². The topological polar surface area (TPSA) is 78.3 Å². The standard InChI is InChI=1S/C18H15F3N4O3/c1-27-15-9-16(25-8-2-7-24-25)22-11-14(15)17(26)23-10-12-3-5-13(6-4-12)28-18(19,20)21/h2-9,11H,10H2,1H3,(H,23,26). The molecule has 0 aliphatic rings. The van der Waals surface area contributed by atoms with Gasteiger partial charge in [-0.25, -0.2) is 9.67 Å². The highest BCUT2D eigenvalue weighted by Gasteiger charge is 2.30. The summed E-state index contributed by atoms with van der Waals surface area (Å²) in [7, 11) is 1.43. The zero-order valence-corrected chi connectivity index (χ0v) is 14.6. The van der Waals surface area contributed by atoms with E-state index >= 15 is 0 Å². The molecular weight excluding hydrogens is 377 g/mol. The first-order chi connectivity index (χ1) is 13.4. The van der Waals surface area contributed by atoms with Gasteiger partial charge < -0.3 is 14.8 Å². The zero-order valence-electron chi connectivity index (χ0n) is 14.6. The number of hydrogen-bond acceptors (Lipinski definition) is 5. The highest BCUT2D eigenvalue weighted by Crippen LogP contribution is 2.23. The Kier molecular flexibility index (Phi) is 5.48. The molecule has 1 aromatic carbocycles. The SMILES string of the molecule is COc1cc(-n2cccn2)ncc1C(=O)NCc1ccc(OC(F)(F)F)cc1. The van der Waals surface area contributed by atoms with Gasteiger partial charge in [0.25, 0.3) is 5.91 Å². The normalized spacial score (nSPS) is 11.1. The predicted octanol–water partition coefficient (Wildman–Crippen LogP) is 3.10. The number of hydrogen-bond donors (Lipinski definition) is 1. The van der Waals surface area contributed by atoms with E-state index in [4.69, 9.17) is 4.74 Å². The van der Waals surface area contributed by atoms with Crippen LogP contribution >= 0.6 is 0 Å². The van der Waals surface area contributed by atoms with Gasteiger partial charge in [-0.1, -0.05) is 12.1 Å². The van der Waals surface area contributed by atoms with Crippen LogP contribution in [0.15, 0.2) is 55.0 Å². The molecule has 0 fully saturated rings. The second-order valence-corrected chi connectivity index (χ2v) is 5.57. The van der Waals surface area contributed by atoms with Crippen LogP contribution in [0.5, 0.6) is 11.5 Å². The number of methoxy groups -OCH3 is 1. The monoisotopic (exact) mass is 392 g/mol. The molecule has 0 spiro atoms. The summed E-state index contributed by atoms with van der Waals surface area (Å²) in [5.41, 5.74) is 0.818. The number of rotatable bonds is 6. The summed E-state index contributed by atoms with van der Waals surface area (Å²) in [6.45, 7) is 0.106. The van der Waals surface area contributed by atoms with Gasteiger partial charge in [0.15, 0.2) is 5.82 Å². The highest BCUT2D eigenvalue weighted by atomic mass is 19.4. The van der Waals surface area contributed by atoms with Crippen molar-refractivity contribution in [2.75, 3.05) is 7.11 Å². The van der Waals surface area contributed by atoms with Gasteiger partial charge in [0.05, 0.1) is 12.7 Å². The van der Waals surface area contributed by atoms with Crippen LogP contribution in [0.3, 0.4) is 0 Å². The van der Waals surface area contributed by atoms with Crippen molar-refractivity contribution in [1.82, 2.24) is 20.1 Å². The molecule has 0 unspecified atom stereocenters. The molecule has 28 heavy (non-hydrogen) atoms. The molecule has 3 aromatic rings. The van der Waals surface area contributed by atoms with Crippen LogP contribution in [0.4, 0.5) is 13.2 Å². The van der Waals surface area contributed by atoms with Crippen LogP contribution in [-0.2, 0) is 6.54 Å². The number of nitrogens with zero attached hydrogens (tertiary/aromatic N) is 3. The Balaban J connectivity index is 1.66. The summed E-state index contributed by atoms with van der Waals surface area (Å²) in [5, 5.41) is 6.73. The van der Waals surface area contributed by atoms with E-state index in [-0.39, 0.29) is 17.9 Å². The first-order valence-corrected chi connectivity index (χ1v) is 8.02. The Morgan fingerprint density at radius 3 is 2.61 bits per heavy atom. The van der Waals surface area contributed by atoms with E-state index in [9.17, 15) is 18.0 Å². The lowest BCUT2D eigenvalue weighted by Gasteiger charge is -2.11. The van der Waals surface area contributed by atoms with E-state index in [2.05, 4.69) is 20.1 Å². The van der Waals surface area contributed by atoms with Gasteiger partial charge in [-0.2, -0.15) is 5.10 Å². The quantitative estimate of drug-likeness (QED) is 0.698. The van der Waals surface area contributed by atoms with Crippen molar-refractivity contribution >= 4 is 5.91 Å². The summed E-state index contributed by atoms with van der Waals surface area (Å²) in [5.74, 6) is 0.0280. The zero-order chi connectivity index (χ0) is 20.1. The molecule has 7 nitrogen and oxygen atoms in total. The molecule has 0 atom stereocenters. The number of carbonyl (C=O) groups is 1. The summed E-state index contributed by atoms with van der Waals surface area (Å²) in [6, 6.07) is 8.52. The van der Waals surface area contributed by atoms with E-state index in [0.29, 0.717) is 17.1 Å². The van der Waals surface area contributed by atoms with Gasteiger partial charge in [0, 0.05) is 31.2 Å². The lowest BCUT2D eigenvalue weighted by molar-refractivity contribution is -0.274. The van der Waals surface area contributed by atoms with Crippen molar-refractivity contribution in [1.29, 1.82) is 0 Å². The molecule has 2 aromatic heterocycles. The van der Waals surface area contributed by atoms with Crippen molar-refractivity contribution in [3.8, 4) is 17.3 Å². The fourth-order valence-electron chi connectivity index (χ4n) is 2.38. The average molecular weight is 392 g/mol. The Hall–Kier alpha value is -3.56. The molecule has 10 heteroatoms. The lowest BCUT2D eigenvalue weighted by atomic mass is 10.2. The third kappa shape index (κ3) is 4.78. The molecule has 1 N–H and O–H groups in total. The lowest BCUT2D eigenvalue weighted by Crippen LogP contribution is -2.23. The number of aromatic nitrogens is 3. The maximum Gasteiger partial charge on any atom is 0.573 e. The Bertz CT molecular complexity index is 942. The molecule has 146 valence electrons. The third-order valence-electron chi connectivity index (χ3n) is 3.67. The minimum atomic E-state index is -4.75. The number of halogens is 3. The van der Waals surface area contributed by atoms with E-state index in [1.807, 2.05) is 0 Å². The molecule has 1 amide bonds. The van der Waals surface area contributed by atoms with Gasteiger partial charge in [0.2, 0.25) is 0 Å². The van der Waals surface area contributed by atoms with Crippen molar-refractivity contribution in [2.24, 2.45) is 0 Å². The van der Waals surface area contributed by atoms with Crippen molar-refractivity contribution in [3.05, 3.63) is 66.1 Å². The number of carbonyl (C=O) groups excluding carboxylic acids is 1. The van der Waals surface area contributed by atoms with Gasteiger partial charge >= 0.3 is 6.36 Å². The second-order valence-electron chi connectivity index (χ2n) is 5.57. The van der Waals surface area contributed by atoms with Crippen molar-refractivity contribution in [2.45, 2.75) is 12.9 Å². The summed E-state index contributed by atoms with van der Waals surface area (Å²) in [4.78, 5) is 16.6. The van der Waals surface area contributed by atoms with E-state index in [1.165, 1.54) is 42.3 Å². The van der Waals surface area contributed by atoms with Crippen molar-refractivity contribution < 1.29 is 27.4 Å². The first-order valence-electron chi connectivity index (χ1n) is 8.02. The van der Waals surface area contributed by atoms with Crippen LogP contribution in [0.25, 0.3) is 5.82 Å². The molecular formula is C18H15F3N4O3. The molecule has 3 rings (SSSR count). The summed E-state index contributed by atoms with van der Waals surface area (Å²) < 4.78 is 47.1. The Labute approximate surface area is 157 Å². The number of benzene rings is 1. The number of alkyl halides is 3. The Morgan fingerprint density at radius 1 is 1.25 bits per heavy atom. The average Bonchev–Trinajstić information content (AvgIpc) is 3.20. The highest BCUT2D eigenvalue weighted by molar-refractivity contribution is 5.96. The number of pyridine rings is 1. The molecule has 0 saturated heterocycles. The molecule has 0 saturated carbocycles. The molecule has 2 heterocycles. The van der Waals surface area contributed by atoms with Crippen LogP contribution in [0, 0.1) is 0 Å². The minimum Gasteiger partial charge on any atom is -0.496 e. The second kappa shape index (κ2) is 7.99. The van der Waals surface area contributed by atoms with E-state index in [0.717, 1.165) is 0 Å². The number of amides is 1. The fourth-order valence-corrected chi connectivity index (χ4v) is 2.38. The predicted molar refractivity (Wildman–Crippen MR) is 92.2 cm³/mol. The molecule has 0 radical (unpaired) electrons. The number of ether oxygens (including phenoxy) is 2. The molecule has 0 aliphatic carbocycles. The summed E-state index contributed by atoms with van der Waals surface area (Å²) in [6.07, 6.45) is -0.0828. The van der Waals surface area contributed by atoms with Gasteiger partial charge in [-0.3, -0.25) is 4.79 Å². The third-order valence-corrected chi connectivity index (χ3v) is 3.67. The van der Waals surface area contributed by atoms with Crippen LogP contribution < -0.4 is 14.8 Å². The molecule has 0 aliphatic heterocycles. The fraction of sp³-hybridized carbons (Fsp3) is 0.167. The van der Waals surface area contributed by atoms with E-state index in [1.54, 1.807) is 24.5 Å². The minimum absolute atomic E-state index is 0.106. The van der Waals surface area contributed by atoms with Gasteiger partial charge in [0.1, 0.15) is 11.5 Å². The van der Waals surface area contributed by atoms with Crippen LogP contribution in [-0.4, -0.2) is 34.1 Å². The first kappa shape index (κ1) is 19.2. The van der Waals surface area contributed by atoms with Crippen LogP contribution in [0.2, 0.25) is 0 Å². The Morgan fingerprint density at radius 2 is 2.00 bits per heavy atom. The summed E-state index contributed by atoms with van der Waals surface area (Å²) >= 11 is 0. The maximum atomic E-state index is 12.4. The number of nitrogens with one attached hydrogen (secondary N) is 1. The van der Waals surface area contributed by atoms with Crippen LogP contribution in [0.1, 0.15) is 15.9 Å². The molecule has 0 bridgehead atoms. The van der Waals surface area contributed by atoms with Gasteiger partial charge in [-0.05, 0) is 23.8 Å².